The fourth-order valence-corrected chi connectivity index (χ4v) is 8.49. The molecule has 0 N–H and O–H groups in total. The molecule has 2 unspecified atom stereocenters. The summed E-state index contributed by atoms with van der Waals surface area (Å²) < 4.78 is 0. The second kappa shape index (κ2) is 21.7. The average Bonchev–Trinajstić information content (AvgIpc) is 3.03. The zero-order valence-corrected chi connectivity index (χ0v) is 28.2. The van der Waals surface area contributed by atoms with Gasteiger partial charge in [-0.2, -0.15) is 0 Å². The van der Waals surface area contributed by atoms with Crippen molar-refractivity contribution in [2.24, 2.45) is 29.6 Å². The summed E-state index contributed by atoms with van der Waals surface area (Å²) >= 11 is 0. The Balaban J connectivity index is 1.89. The molecule has 0 heterocycles. The Hall–Kier alpha value is -1.98. The molecule has 254 valence electrons. The van der Waals surface area contributed by atoms with Crippen LogP contribution < -0.4 is 0 Å². The van der Waals surface area contributed by atoms with Crippen LogP contribution in [0.15, 0.2) is 0 Å². The van der Waals surface area contributed by atoms with Crippen molar-refractivity contribution < 1.29 is 28.8 Å². The molecule has 6 nitrogen and oxygen atoms in total. The number of carbonyl (C=O) groups is 6. The molecule has 0 aromatic carbocycles. The number of aldehydes is 1. The summed E-state index contributed by atoms with van der Waals surface area (Å²) in [5, 5.41) is 0. The lowest BCUT2D eigenvalue weighted by Crippen LogP contribution is -2.45. The van der Waals surface area contributed by atoms with E-state index in [1.165, 1.54) is 38.5 Å². The third-order valence-corrected chi connectivity index (χ3v) is 11.2. The largest absolute Gasteiger partial charge is 0.295 e. The van der Waals surface area contributed by atoms with E-state index in [1.54, 1.807) is 0 Å². The molecular weight excluding hydrogens is 564 g/mol. The highest BCUT2D eigenvalue weighted by atomic mass is 16.2. The van der Waals surface area contributed by atoms with E-state index in [2.05, 4.69) is 0 Å². The smallest absolute Gasteiger partial charge is 0.210 e. The molecule has 6 heteroatoms. The van der Waals surface area contributed by atoms with Gasteiger partial charge in [-0.25, -0.2) is 0 Å². The van der Waals surface area contributed by atoms with Crippen molar-refractivity contribution in [2.75, 3.05) is 0 Å². The van der Waals surface area contributed by atoms with Crippen molar-refractivity contribution in [1.82, 2.24) is 0 Å². The number of ketones is 5. The van der Waals surface area contributed by atoms with Gasteiger partial charge in [0.2, 0.25) is 23.1 Å². The lowest BCUT2D eigenvalue weighted by Gasteiger charge is -2.29. The third kappa shape index (κ3) is 13.0. The predicted molar refractivity (Wildman–Crippen MR) is 178 cm³/mol. The van der Waals surface area contributed by atoms with Gasteiger partial charge < -0.3 is 0 Å². The summed E-state index contributed by atoms with van der Waals surface area (Å²) in [7, 11) is 0. The maximum atomic E-state index is 14.3. The highest BCUT2D eigenvalue weighted by Crippen LogP contribution is 2.34. The number of hydrogen-bond donors (Lipinski definition) is 0. The van der Waals surface area contributed by atoms with Crippen LogP contribution in [0.4, 0.5) is 0 Å². The molecule has 0 amide bonds. The summed E-state index contributed by atoms with van der Waals surface area (Å²) in [5.74, 6) is -7.13. The number of Topliss-reactive ketones (excluding diaryl/α,β-unsaturated/α-hetero) is 5. The van der Waals surface area contributed by atoms with E-state index in [0.29, 0.717) is 25.7 Å². The maximum Gasteiger partial charge on any atom is 0.210 e. The first kappa shape index (κ1) is 37.5. The van der Waals surface area contributed by atoms with Gasteiger partial charge in [-0.15, -0.1) is 0 Å². The van der Waals surface area contributed by atoms with Crippen molar-refractivity contribution in [3.05, 3.63) is 0 Å². The lowest BCUT2D eigenvalue weighted by molar-refractivity contribution is -0.152. The predicted octanol–water partition coefficient (Wildman–Crippen LogP) is 9.08. The van der Waals surface area contributed by atoms with Crippen LogP contribution in [0.25, 0.3) is 0 Å². The zero-order chi connectivity index (χ0) is 32.3. The number of hydrogen-bond acceptors (Lipinski definition) is 6. The Morgan fingerprint density at radius 3 is 1.13 bits per heavy atom. The fraction of sp³-hybridized carbons (Fsp3) is 0.846. The van der Waals surface area contributed by atoms with Gasteiger partial charge in [-0.3, -0.25) is 28.8 Å². The van der Waals surface area contributed by atoms with E-state index < -0.39 is 40.8 Å². The second-order valence-corrected chi connectivity index (χ2v) is 14.7. The number of rotatable bonds is 11. The molecule has 0 radical (unpaired) electrons. The molecule has 0 saturated heterocycles. The topological polar surface area (TPSA) is 102 Å². The van der Waals surface area contributed by atoms with Crippen LogP contribution in [0.2, 0.25) is 0 Å². The first-order valence-corrected chi connectivity index (χ1v) is 19.1. The molecule has 3 fully saturated rings. The molecule has 0 aliphatic heterocycles. The highest BCUT2D eigenvalue weighted by molar-refractivity contribution is 6.53. The van der Waals surface area contributed by atoms with Crippen LogP contribution in [0.3, 0.4) is 0 Å². The van der Waals surface area contributed by atoms with Gasteiger partial charge in [0.05, 0.1) is 11.8 Å². The lowest BCUT2D eigenvalue weighted by atomic mass is 9.71. The van der Waals surface area contributed by atoms with E-state index in [-0.39, 0.29) is 30.5 Å². The third-order valence-electron chi connectivity index (χ3n) is 11.2. The Morgan fingerprint density at radius 2 is 0.733 bits per heavy atom. The van der Waals surface area contributed by atoms with Crippen LogP contribution in [0.5, 0.6) is 0 Å². The summed E-state index contributed by atoms with van der Waals surface area (Å²) in [6.07, 6.45) is 26.9. The van der Waals surface area contributed by atoms with Gasteiger partial charge in [-0.05, 0) is 43.4 Å². The Bertz CT molecular complexity index is 923. The minimum Gasteiger partial charge on any atom is -0.295 e. The molecule has 0 aromatic rings. The van der Waals surface area contributed by atoms with Gasteiger partial charge in [-0.1, -0.05) is 148 Å². The molecule has 3 saturated carbocycles. The van der Waals surface area contributed by atoms with Crippen molar-refractivity contribution >= 4 is 35.2 Å². The second-order valence-electron chi connectivity index (χ2n) is 14.7. The van der Waals surface area contributed by atoms with Crippen LogP contribution >= 0.6 is 0 Å². The first-order valence-electron chi connectivity index (χ1n) is 19.1. The molecule has 0 spiro atoms. The highest BCUT2D eigenvalue weighted by Gasteiger charge is 2.45. The average molecular weight is 627 g/mol. The van der Waals surface area contributed by atoms with Gasteiger partial charge in [0.25, 0.3) is 0 Å². The summed E-state index contributed by atoms with van der Waals surface area (Å²) in [6, 6.07) is 0. The molecule has 3 aliphatic rings. The standard InChI is InChI=1S/C39H62O6/c40-29-34(42)35(31-24-18-11-7-3-1-4-8-12-19-25-31)38(44)39(45)36(37(43)33(41)28-30-22-16-15-17-23-30)32-26-20-13-9-5-2-6-10-14-21-27-32/h29-32,35-36H,1-28H2. The Morgan fingerprint density at radius 1 is 0.422 bits per heavy atom. The molecule has 3 aliphatic carbocycles. The van der Waals surface area contributed by atoms with Gasteiger partial charge in [0.1, 0.15) is 0 Å². The van der Waals surface area contributed by atoms with Crippen LogP contribution in [0, 0.1) is 29.6 Å². The quantitative estimate of drug-likeness (QED) is 0.129. The molecule has 45 heavy (non-hydrogen) atoms. The van der Waals surface area contributed by atoms with Crippen molar-refractivity contribution in [3.8, 4) is 0 Å². The van der Waals surface area contributed by atoms with E-state index in [9.17, 15) is 28.8 Å². The van der Waals surface area contributed by atoms with Crippen molar-refractivity contribution in [3.63, 3.8) is 0 Å². The molecule has 2 atom stereocenters. The van der Waals surface area contributed by atoms with Crippen molar-refractivity contribution in [1.29, 1.82) is 0 Å². The molecular formula is C39H62O6. The van der Waals surface area contributed by atoms with E-state index in [1.807, 2.05) is 0 Å². The van der Waals surface area contributed by atoms with Gasteiger partial charge in [0, 0.05) is 6.42 Å². The Labute approximate surface area is 273 Å². The monoisotopic (exact) mass is 626 g/mol. The van der Waals surface area contributed by atoms with Gasteiger partial charge in [0.15, 0.2) is 12.1 Å². The minimum absolute atomic E-state index is 0.142. The Kier molecular flexibility index (Phi) is 18.1. The van der Waals surface area contributed by atoms with Crippen LogP contribution in [-0.4, -0.2) is 35.2 Å². The van der Waals surface area contributed by atoms with Gasteiger partial charge >= 0.3 is 0 Å². The van der Waals surface area contributed by atoms with Crippen LogP contribution in [0.1, 0.15) is 180 Å². The van der Waals surface area contributed by atoms with E-state index >= 15 is 0 Å². The molecule has 3 rings (SSSR count). The minimum atomic E-state index is -1.34. The molecule has 0 bridgehead atoms. The van der Waals surface area contributed by atoms with E-state index in [0.717, 1.165) is 109 Å². The SMILES string of the molecule is O=CC(=O)C(C(=O)C(=O)C(C(=O)C(=O)CC1CCCCC1)C1CCCCCCCCCCC1)C1CCCCCCCCCCC1. The normalized spacial score (nSPS) is 23.1. The fourth-order valence-electron chi connectivity index (χ4n) is 8.49. The van der Waals surface area contributed by atoms with Crippen molar-refractivity contribution in [2.45, 2.75) is 180 Å². The summed E-state index contributed by atoms with van der Waals surface area (Å²) in [6.45, 7) is 0. The van der Waals surface area contributed by atoms with Crippen LogP contribution in [-0.2, 0) is 28.8 Å². The maximum absolute atomic E-state index is 14.3. The molecule has 0 aromatic heterocycles. The summed E-state index contributed by atoms with van der Waals surface area (Å²) in [5.41, 5.74) is 0. The number of carbonyl (C=O) groups excluding carboxylic acids is 6. The zero-order valence-electron chi connectivity index (χ0n) is 28.2. The van der Waals surface area contributed by atoms with E-state index in [4.69, 9.17) is 0 Å². The first-order chi connectivity index (χ1) is 21.9. The summed E-state index contributed by atoms with van der Waals surface area (Å²) in [4.78, 5) is 81.2.